The topological polar surface area (TPSA) is 46.5 Å². The van der Waals surface area contributed by atoms with Crippen molar-refractivity contribution in [3.8, 4) is 11.8 Å². The first-order valence-corrected chi connectivity index (χ1v) is 4.55. The van der Waals surface area contributed by atoms with Crippen LogP contribution in [0.4, 0.5) is 17.6 Å². The summed E-state index contributed by atoms with van der Waals surface area (Å²) in [5, 5.41) is 8.28. The fraction of sp³-hybridized carbons (Fsp3) is 0.182. The molecule has 0 bridgehead atoms. The summed E-state index contributed by atoms with van der Waals surface area (Å²) in [7, 11) is 0. The van der Waals surface area contributed by atoms with Crippen LogP contribution < -0.4 is 0 Å². The summed E-state index contributed by atoms with van der Waals surface area (Å²) in [5.41, 5.74) is -1.46. The molecule has 0 aromatic heterocycles. The largest absolute Gasteiger partial charge is 0.449 e. The van der Waals surface area contributed by atoms with Crippen LogP contribution in [0, 0.1) is 35.1 Å². The van der Waals surface area contributed by atoms with Gasteiger partial charge < -0.3 is 9.84 Å². The molecule has 1 rings (SSSR count). The van der Waals surface area contributed by atoms with Crippen LogP contribution in [-0.4, -0.2) is 24.3 Å². The van der Waals surface area contributed by atoms with Crippen molar-refractivity contribution in [2.24, 2.45) is 0 Å². The molecule has 0 unspecified atom stereocenters. The minimum absolute atomic E-state index is 0.0208. The van der Waals surface area contributed by atoms with E-state index in [0.717, 1.165) is 0 Å². The summed E-state index contributed by atoms with van der Waals surface area (Å²) in [4.78, 5) is 11.2. The van der Waals surface area contributed by atoms with E-state index in [1.165, 1.54) is 0 Å². The third-order valence-corrected chi connectivity index (χ3v) is 1.80. The lowest BCUT2D eigenvalue weighted by atomic mass is 10.2. The summed E-state index contributed by atoms with van der Waals surface area (Å²) < 4.78 is 56.0. The molecule has 18 heavy (non-hydrogen) atoms. The molecule has 0 saturated heterocycles. The van der Waals surface area contributed by atoms with E-state index in [1.807, 2.05) is 0 Å². The van der Waals surface area contributed by atoms with Crippen molar-refractivity contribution in [3.05, 3.63) is 34.9 Å². The number of ether oxygens (including phenoxy) is 1. The molecule has 1 N–H and O–H groups in total. The first kappa shape index (κ1) is 14.0. The van der Waals surface area contributed by atoms with Gasteiger partial charge in [0.1, 0.15) is 12.2 Å². The van der Waals surface area contributed by atoms with E-state index < -0.39 is 48.0 Å². The van der Waals surface area contributed by atoms with Crippen LogP contribution in [-0.2, 0) is 4.74 Å². The third-order valence-electron chi connectivity index (χ3n) is 1.80. The molecular formula is C11H6F4O3. The summed E-state index contributed by atoms with van der Waals surface area (Å²) >= 11 is 0. The van der Waals surface area contributed by atoms with Crippen molar-refractivity contribution in [1.82, 2.24) is 0 Å². The molecule has 0 saturated carbocycles. The van der Waals surface area contributed by atoms with Gasteiger partial charge in [-0.2, -0.15) is 0 Å². The first-order valence-electron chi connectivity index (χ1n) is 4.55. The molecule has 0 amide bonds. The summed E-state index contributed by atoms with van der Waals surface area (Å²) in [6, 6.07) is -0.0208. The molecular weight excluding hydrogens is 256 g/mol. The van der Waals surface area contributed by atoms with Gasteiger partial charge in [-0.25, -0.2) is 22.4 Å². The highest BCUT2D eigenvalue weighted by Crippen LogP contribution is 2.19. The zero-order valence-corrected chi connectivity index (χ0v) is 8.77. The Balaban J connectivity index is 2.99. The van der Waals surface area contributed by atoms with Gasteiger partial charge >= 0.3 is 5.97 Å². The second kappa shape index (κ2) is 6.02. The molecule has 3 nitrogen and oxygen atoms in total. The van der Waals surface area contributed by atoms with Crippen LogP contribution in [0.25, 0.3) is 0 Å². The Morgan fingerprint density at radius 3 is 2.22 bits per heavy atom. The van der Waals surface area contributed by atoms with Crippen molar-refractivity contribution in [1.29, 1.82) is 0 Å². The molecule has 1 aromatic carbocycles. The number of rotatable bonds is 2. The number of carbonyl (C=O) groups excluding carboxylic acids is 1. The fourth-order valence-corrected chi connectivity index (χ4v) is 1.03. The minimum atomic E-state index is -1.84. The number of aliphatic hydroxyl groups is 1. The maximum atomic E-state index is 13.1. The molecule has 0 spiro atoms. The van der Waals surface area contributed by atoms with Crippen LogP contribution in [0.1, 0.15) is 10.4 Å². The summed E-state index contributed by atoms with van der Waals surface area (Å²) in [6.07, 6.45) is 0. The van der Waals surface area contributed by atoms with Crippen molar-refractivity contribution < 1.29 is 32.2 Å². The molecule has 0 atom stereocenters. The van der Waals surface area contributed by atoms with Gasteiger partial charge in [0.05, 0.1) is 0 Å². The maximum Gasteiger partial charge on any atom is 0.345 e. The van der Waals surface area contributed by atoms with Crippen LogP contribution in [0.3, 0.4) is 0 Å². The first-order chi connectivity index (χ1) is 8.49. The molecule has 0 aliphatic rings. The van der Waals surface area contributed by atoms with Gasteiger partial charge in [0, 0.05) is 6.07 Å². The number of halogens is 4. The Labute approximate surface area is 99.0 Å². The molecule has 0 aliphatic carbocycles. The quantitative estimate of drug-likeness (QED) is 0.379. The Bertz CT molecular complexity index is 505. The van der Waals surface area contributed by atoms with Gasteiger partial charge in [0.15, 0.2) is 29.9 Å². The van der Waals surface area contributed by atoms with Crippen LogP contribution in [0.15, 0.2) is 6.07 Å². The second-order valence-electron chi connectivity index (χ2n) is 2.93. The van der Waals surface area contributed by atoms with Crippen LogP contribution in [0.5, 0.6) is 0 Å². The van der Waals surface area contributed by atoms with E-state index >= 15 is 0 Å². The standard InChI is InChI=1S/C11H6F4O3/c12-6-5-7(13)10(15)8(9(6)14)11(17)18-4-2-1-3-16/h5,16H,3-4H2. The maximum absolute atomic E-state index is 13.1. The monoisotopic (exact) mass is 262 g/mol. The smallest absolute Gasteiger partial charge is 0.345 e. The highest BCUT2D eigenvalue weighted by Gasteiger charge is 2.25. The lowest BCUT2D eigenvalue weighted by Gasteiger charge is -2.05. The van der Waals surface area contributed by atoms with Crippen molar-refractivity contribution >= 4 is 5.97 Å². The predicted octanol–water partition coefficient (Wildman–Crippen LogP) is 1.40. The van der Waals surface area contributed by atoms with E-state index in [4.69, 9.17) is 5.11 Å². The third kappa shape index (κ3) is 2.99. The fourth-order valence-electron chi connectivity index (χ4n) is 1.03. The van der Waals surface area contributed by atoms with Gasteiger partial charge in [0.2, 0.25) is 0 Å². The van der Waals surface area contributed by atoms with E-state index in [0.29, 0.717) is 0 Å². The van der Waals surface area contributed by atoms with Crippen molar-refractivity contribution in [2.45, 2.75) is 0 Å². The Morgan fingerprint density at radius 1 is 1.17 bits per heavy atom. The van der Waals surface area contributed by atoms with Gasteiger partial charge in [-0.15, -0.1) is 0 Å². The lowest BCUT2D eigenvalue weighted by Crippen LogP contribution is -2.13. The van der Waals surface area contributed by atoms with E-state index in [1.54, 1.807) is 0 Å². The number of carbonyl (C=O) groups is 1. The number of esters is 1. The van der Waals surface area contributed by atoms with E-state index in [-0.39, 0.29) is 6.07 Å². The molecule has 0 fully saturated rings. The number of benzene rings is 1. The molecule has 0 aliphatic heterocycles. The van der Waals surface area contributed by atoms with Gasteiger partial charge in [-0.05, 0) is 0 Å². The average Bonchev–Trinajstić information content (AvgIpc) is 2.32. The van der Waals surface area contributed by atoms with Gasteiger partial charge in [-0.3, -0.25) is 0 Å². The second-order valence-corrected chi connectivity index (χ2v) is 2.93. The number of hydrogen-bond acceptors (Lipinski definition) is 3. The number of hydrogen-bond donors (Lipinski definition) is 1. The SMILES string of the molecule is O=C(OCC#CCO)c1c(F)c(F)cc(F)c1F. The van der Waals surface area contributed by atoms with E-state index in [2.05, 4.69) is 16.6 Å². The highest BCUT2D eigenvalue weighted by atomic mass is 19.2. The average molecular weight is 262 g/mol. The molecule has 0 radical (unpaired) electrons. The Hall–Kier alpha value is -2.07. The predicted molar refractivity (Wildman–Crippen MR) is 51.4 cm³/mol. The zero-order valence-electron chi connectivity index (χ0n) is 8.77. The normalized spacial score (nSPS) is 9.61. The zero-order chi connectivity index (χ0) is 13.7. The molecule has 96 valence electrons. The lowest BCUT2D eigenvalue weighted by molar-refractivity contribution is 0.0542. The van der Waals surface area contributed by atoms with Gasteiger partial charge in [-0.1, -0.05) is 11.8 Å². The van der Waals surface area contributed by atoms with Crippen molar-refractivity contribution in [2.75, 3.05) is 13.2 Å². The molecule has 1 aromatic rings. The van der Waals surface area contributed by atoms with Crippen LogP contribution in [0.2, 0.25) is 0 Å². The molecule has 0 heterocycles. The Morgan fingerprint density at radius 2 is 1.72 bits per heavy atom. The van der Waals surface area contributed by atoms with Crippen LogP contribution >= 0.6 is 0 Å². The highest BCUT2D eigenvalue weighted by molar-refractivity contribution is 5.90. The Kier molecular flexibility index (Phi) is 4.68. The summed E-state index contributed by atoms with van der Waals surface area (Å²) in [5.74, 6) is -4.45. The molecule has 7 heteroatoms. The van der Waals surface area contributed by atoms with E-state index in [9.17, 15) is 22.4 Å². The number of aliphatic hydroxyl groups excluding tert-OH is 1. The van der Waals surface area contributed by atoms with Crippen molar-refractivity contribution in [3.63, 3.8) is 0 Å². The van der Waals surface area contributed by atoms with Gasteiger partial charge in [0.25, 0.3) is 0 Å². The summed E-state index contributed by atoms with van der Waals surface area (Å²) in [6.45, 7) is -1.06. The minimum Gasteiger partial charge on any atom is -0.449 e.